The number of aryl methyl sites for hydroxylation is 1. The van der Waals surface area contributed by atoms with Gasteiger partial charge in [-0.2, -0.15) is 9.49 Å². The Kier molecular flexibility index (Phi) is 5.50. The van der Waals surface area contributed by atoms with E-state index >= 15 is 0 Å². The summed E-state index contributed by atoms with van der Waals surface area (Å²) in [7, 11) is 3.72. The highest BCUT2D eigenvalue weighted by Crippen LogP contribution is 2.34. The lowest BCUT2D eigenvalue weighted by Crippen LogP contribution is -2.08. The molecule has 0 amide bonds. The zero-order valence-corrected chi connectivity index (χ0v) is 17.1. The number of nitrogens with zero attached hydrogens (tertiary/aromatic N) is 4. The standard InChI is InChI=1S/C22H23F2N5O/c1-14-15(10-27-28(14)3)8-9-30-22-18(5-6-19(23)21(22)24)16-4-7-20-26-12-17(11-25-2)29(20)13-16/h4-7,10,12-13,25H,8-9,11H2,1-3H3. The maximum Gasteiger partial charge on any atom is 0.201 e. The number of aromatic nitrogens is 4. The number of halogens is 2. The Morgan fingerprint density at radius 3 is 2.70 bits per heavy atom. The molecule has 0 atom stereocenters. The first-order valence-electron chi connectivity index (χ1n) is 9.69. The fourth-order valence-corrected chi connectivity index (χ4v) is 3.46. The number of benzene rings is 1. The number of hydrogen-bond donors (Lipinski definition) is 1. The first-order valence-corrected chi connectivity index (χ1v) is 9.69. The van der Waals surface area contributed by atoms with Gasteiger partial charge in [0.2, 0.25) is 5.82 Å². The molecule has 0 saturated carbocycles. The van der Waals surface area contributed by atoms with Gasteiger partial charge >= 0.3 is 0 Å². The number of rotatable bonds is 7. The van der Waals surface area contributed by atoms with Crippen LogP contribution in [0, 0.1) is 18.6 Å². The summed E-state index contributed by atoms with van der Waals surface area (Å²) >= 11 is 0. The maximum absolute atomic E-state index is 14.7. The number of nitrogens with one attached hydrogen (secondary N) is 1. The van der Waals surface area contributed by atoms with Crippen molar-refractivity contribution in [3.05, 3.63) is 71.4 Å². The highest BCUT2D eigenvalue weighted by Gasteiger charge is 2.18. The minimum atomic E-state index is -0.989. The van der Waals surface area contributed by atoms with Gasteiger partial charge < -0.3 is 14.5 Å². The first kappa shape index (κ1) is 20.0. The monoisotopic (exact) mass is 411 g/mol. The van der Waals surface area contributed by atoms with Crippen LogP contribution in [0.25, 0.3) is 16.8 Å². The highest BCUT2D eigenvalue weighted by atomic mass is 19.2. The van der Waals surface area contributed by atoms with Gasteiger partial charge in [-0.15, -0.1) is 0 Å². The summed E-state index contributed by atoms with van der Waals surface area (Å²) < 4.78 is 38.1. The summed E-state index contributed by atoms with van der Waals surface area (Å²) in [4.78, 5) is 4.37. The molecular formula is C22H23F2N5O. The molecule has 0 saturated heterocycles. The number of fused-ring (bicyclic) bond motifs is 1. The molecule has 8 heteroatoms. The molecule has 0 aliphatic carbocycles. The maximum atomic E-state index is 14.7. The Morgan fingerprint density at radius 1 is 1.13 bits per heavy atom. The van der Waals surface area contributed by atoms with Gasteiger partial charge in [-0.25, -0.2) is 9.37 Å². The molecule has 4 aromatic rings. The third-order valence-electron chi connectivity index (χ3n) is 5.26. The van der Waals surface area contributed by atoms with E-state index in [0.29, 0.717) is 24.1 Å². The normalized spacial score (nSPS) is 11.4. The Hall–Kier alpha value is -3.26. The van der Waals surface area contributed by atoms with Crippen LogP contribution in [0.1, 0.15) is 17.0 Å². The lowest BCUT2D eigenvalue weighted by molar-refractivity contribution is 0.300. The molecule has 0 fully saturated rings. The van der Waals surface area contributed by atoms with Crippen molar-refractivity contribution in [1.82, 2.24) is 24.5 Å². The Morgan fingerprint density at radius 2 is 1.97 bits per heavy atom. The second-order valence-electron chi connectivity index (χ2n) is 7.14. The summed E-state index contributed by atoms with van der Waals surface area (Å²) in [5, 5.41) is 7.30. The van der Waals surface area contributed by atoms with Crippen LogP contribution >= 0.6 is 0 Å². The molecule has 0 radical (unpaired) electrons. The fraction of sp³-hybridized carbons (Fsp3) is 0.273. The van der Waals surface area contributed by atoms with Crippen LogP contribution in [0.5, 0.6) is 5.75 Å². The minimum Gasteiger partial charge on any atom is -0.489 e. The van der Waals surface area contributed by atoms with E-state index in [1.165, 1.54) is 0 Å². The molecule has 3 heterocycles. The van der Waals surface area contributed by atoms with Gasteiger partial charge in [0.25, 0.3) is 0 Å². The highest BCUT2D eigenvalue weighted by molar-refractivity contribution is 5.71. The summed E-state index contributed by atoms with van der Waals surface area (Å²) in [6.45, 7) is 2.80. The van der Waals surface area contributed by atoms with E-state index in [0.717, 1.165) is 28.7 Å². The molecular weight excluding hydrogens is 388 g/mol. The number of hydrogen-bond acceptors (Lipinski definition) is 4. The Bertz CT molecular complexity index is 1200. The largest absolute Gasteiger partial charge is 0.489 e. The Labute approximate surface area is 173 Å². The average Bonchev–Trinajstić information content (AvgIpc) is 3.29. The molecule has 0 aliphatic heterocycles. The quantitative estimate of drug-likeness (QED) is 0.504. The summed E-state index contributed by atoms with van der Waals surface area (Å²) in [6, 6.07) is 6.34. The third kappa shape index (κ3) is 3.66. The van der Waals surface area contributed by atoms with Gasteiger partial charge in [-0.05, 0) is 43.8 Å². The molecule has 4 rings (SSSR count). The van der Waals surface area contributed by atoms with E-state index in [9.17, 15) is 8.78 Å². The van der Waals surface area contributed by atoms with Crippen molar-refractivity contribution in [2.75, 3.05) is 13.7 Å². The second kappa shape index (κ2) is 8.23. The lowest BCUT2D eigenvalue weighted by atomic mass is 10.1. The summed E-state index contributed by atoms with van der Waals surface area (Å²) in [5.41, 5.74) is 4.97. The first-order chi connectivity index (χ1) is 14.5. The van der Waals surface area contributed by atoms with Gasteiger partial charge in [0.1, 0.15) is 5.65 Å². The molecule has 6 nitrogen and oxygen atoms in total. The van der Waals surface area contributed by atoms with E-state index in [2.05, 4.69) is 15.4 Å². The molecule has 1 N–H and O–H groups in total. The van der Waals surface area contributed by atoms with Crippen molar-refractivity contribution in [2.24, 2.45) is 7.05 Å². The van der Waals surface area contributed by atoms with Gasteiger partial charge in [-0.1, -0.05) is 0 Å². The number of ether oxygens (including phenoxy) is 1. The lowest BCUT2D eigenvalue weighted by Gasteiger charge is -2.14. The molecule has 0 bridgehead atoms. The van der Waals surface area contributed by atoms with E-state index in [4.69, 9.17) is 4.74 Å². The minimum absolute atomic E-state index is 0.0915. The molecule has 156 valence electrons. The fourth-order valence-electron chi connectivity index (χ4n) is 3.46. The van der Waals surface area contributed by atoms with E-state index in [1.807, 2.05) is 43.7 Å². The van der Waals surface area contributed by atoms with Crippen molar-refractivity contribution in [2.45, 2.75) is 19.9 Å². The van der Waals surface area contributed by atoms with E-state index < -0.39 is 11.6 Å². The zero-order valence-electron chi connectivity index (χ0n) is 17.1. The van der Waals surface area contributed by atoms with Crippen LogP contribution in [-0.4, -0.2) is 32.8 Å². The van der Waals surface area contributed by atoms with Crippen LogP contribution < -0.4 is 10.1 Å². The van der Waals surface area contributed by atoms with Gasteiger partial charge in [0.15, 0.2) is 11.6 Å². The van der Waals surface area contributed by atoms with Gasteiger partial charge in [0.05, 0.1) is 24.7 Å². The SMILES string of the molecule is CNCc1cnc2ccc(-c3ccc(F)c(F)c3OCCc3cnn(C)c3C)cn12. The summed E-state index contributed by atoms with van der Waals surface area (Å²) in [5.74, 6) is -2.02. The molecule has 0 unspecified atom stereocenters. The van der Waals surface area contributed by atoms with Crippen molar-refractivity contribution in [3.63, 3.8) is 0 Å². The van der Waals surface area contributed by atoms with E-state index in [1.54, 1.807) is 23.1 Å². The molecule has 0 aliphatic rings. The summed E-state index contributed by atoms with van der Waals surface area (Å²) in [6.07, 6.45) is 5.95. The van der Waals surface area contributed by atoms with Crippen molar-refractivity contribution in [1.29, 1.82) is 0 Å². The van der Waals surface area contributed by atoms with Gasteiger partial charge in [0, 0.05) is 43.0 Å². The van der Waals surface area contributed by atoms with Crippen molar-refractivity contribution < 1.29 is 13.5 Å². The smallest absolute Gasteiger partial charge is 0.201 e. The average molecular weight is 411 g/mol. The van der Waals surface area contributed by atoms with Gasteiger partial charge in [-0.3, -0.25) is 4.68 Å². The second-order valence-corrected chi connectivity index (χ2v) is 7.14. The van der Waals surface area contributed by atoms with Crippen LogP contribution in [-0.2, 0) is 20.0 Å². The van der Waals surface area contributed by atoms with Crippen LogP contribution in [0.4, 0.5) is 8.78 Å². The zero-order chi connectivity index (χ0) is 21.3. The van der Waals surface area contributed by atoms with Crippen LogP contribution in [0.2, 0.25) is 0 Å². The molecule has 1 aromatic carbocycles. The molecule has 30 heavy (non-hydrogen) atoms. The van der Waals surface area contributed by atoms with Crippen LogP contribution in [0.15, 0.2) is 42.9 Å². The predicted molar refractivity (Wildman–Crippen MR) is 110 cm³/mol. The Balaban J connectivity index is 1.66. The predicted octanol–water partition coefficient (Wildman–Crippen LogP) is 3.66. The molecule has 0 spiro atoms. The van der Waals surface area contributed by atoms with Crippen molar-refractivity contribution >= 4 is 5.65 Å². The van der Waals surface area contributed by atoms with Crippen molar-refractivity contribution in [3.8, 4) is 16.9 Å². The topological polar surface area (TPSA) is 56.4 Å². The van der Waals surface area contributed by atoms with E-state index in [-0.39, 0.29) is 12.4 Å². The number of pyridine rings is 1. The van der Waals surface area contributed by atoms with Crippen LogP contribution in [0.3, 0.4) is 0 Å². The number of imidazole rings is 1. The third-order valence-corrected chi connectivity index (χ3v) is 5.26. The molecule has 3 aromatic heterocycles.